The molecule has 5 atom stereocenters. The lowest BCUT2D eigenvalue weighted by molar-refractivity contribution is -0.151. The van der Waals surface area contributed by atoms with Crippen LogP contribution in [0, 0.1) is 39.0 Å². The summed E-state index contributed by atoms with van der Waals surface area (Å²) in [7, 11) is 0. The van der Waals surface area contributed by atoms with Crippen molar-refractivity contribution in [1.29, 1.82) is 0 Å². The number of nitrogens with zero attached hydrogens (tertiary/aromatic N) is 6. The fourth-order valence-electron chi connectivity index (χ4n) is 8.64. The Bertz CT molecular complexity index is 2700. The molecule has 0 radical (unpaired) electrons. The van der Waals surface area contributed by atoms with E-state index in [0.717, 1.165) is 54.0 Å². The number of fused-ring (bicyclic) bond motifs is 3. The molecule has 0 aliphatic carbocycles. The number of aliphatic imine (C=N–C) groups is 1. The summed E-state index contributed by atoms with van der Waals surface area (Å²) in [6.07, 6.45) is -0.357. The van der Waals surface area contributed by atoms with E-state index in [2.05, 4.69) is 39.7 Å². The fourth-order valence-corrected chi connectivity index (χ4v) is 10.8. The predicted octanol–water partition coefficient (Wildman–Crippen LogP) is 6.66. The van der Waals surface area contributed by atoms with Crippen LogP contribution < -0.4 is 10.6 Å². The molecular formula is C51H63ClN8O9S2. The Balaban J connectivity index is 0.818. The Labute approximate surface area is 427 Å². The van der Waals surface area contributed by atoms with Crippen molar-refractivity contribution in [3.8, 4) is 15.4 Å². The van der Waals surface area contributed by atoms with Gasteiger partial charge in [-0.25, -0.2) is 4.98 Å². The van der Waals surface area contributed by atoms with Gasteiger partial charge in [-0.3, -0.25) is 28.7 Å². The first-order valence-electron chi connectivity index (χ1n) is 23.8. The molecule has 3 N–H and O–H groups in total. The minimum absolute atomic E-state index is 0.0275. The van der Waals surface area contributed by atoms with Crippen molar-refractivity contribution in [3.63, 3.8) is 0 Å². The van der Waals surface area contributed by atoms with Crippen LogP contribution in [0.2, 0.25) is 5.02 Å². The number of ether oxygens (including phenoxy) is 4. The van der Waals surface area contributed by atoms with E-state index in [4.69, 9.17) is 35.5 Å². The van der Waals surface area contributed by atoms with E-state index in [9.17, 15) is 24.3 Å². The van der Waals surface area contributed by atoms with Gasteiger partial charge in [0.25, 0.3) is 0 Å². The van der Waals surface area contributed by atoms with Crippen molar-refractivity contribution in [2.45, 2.75) is 99.0 Å². The maximum Gasteiger partial charge on any atom is 0.311 e. The zero-order valence-electron chi connectivity index (χ0n) is 41.5. The number of esters is 1. The van der Waals surface area contributed by atoms with E-state index in [1.54, 1.807) is 22.7 Å². The molecule has 17 nitrogen and oxygen atoms in total. The highest BCUT2D eigenvalue weighted by molar-refractivity contribution is 7.15. The molecule has 0 bridgehead atoms. The Morgan fingerprint density at radius 2 is 1.56 bits per heavy atom. The summed E-state index contributed by atoms with van der Waals surface area (Å²) in [6.45, 7) is 16.2. The topological polar surface area (TPSA) is 209 Å². The smallest absolute Gasteiger partial charge is 0.311 e. The number of likely N-dealkylation sites (tertiary alicyclic amines) is 1. The van der Waals surface area contributed by atoms with Gasteiger partial charge in [-0.05, 0) is 68.4 Å². The SMILES string of the molecule is CCC(C(=O)OCCOCCOCCOCC(=O)N[C@H](C(=O)N1C[C@H](O)C[C@H]1C(=O)NCc1ccc(-c2scnc2C)cc1)C(C)(C)C)C1N=C(c2ccc(Cl)cc2)c2c(sc(C)c2C)-n2c(C)nnc21. The number of thiazole rings is 1. The molecule has 2 aliphatic rings. The summed E-state index contributed by atoms with van der Waals surface area (Å²) in [5.74, 6) is -1.14. The molecular weight excluding hydrogens is 968 g/mol. The summed E-state index contributed by atoms with van der Waals surface area (Å²) < 4.78 is 24.6. The van der Waals surface area contributed by atoms with Gasteiger partial charge < -0.3 is 39.6 Å². The quantitative estimate of drug-likeness (QED) is 0.0521. The first-order chi connectivity index (χ1) is 34.0. The van der Waals surface area contributed by atoms with E-state index in [0.29, 0.717) is 23.1 Å². The number of carbonyl (C=O) groups is 4. The van der Waals surface area contributed by atoms with Gasteiger partial charge in [-0.1, -0.05) is 75.7 Å². The molecule has 3 amide bonds. The van der Waals surface area contributed by atoms with Gasteiger partial charge in [-0.2, -0.15) is 0 Å². The molecule has 380 valence electrons. The van der Waals surface area contributed by atoms with Crippen LogP contribution >= 0.6 is 34.3 Å². The zero-order chi connectivity index (χ0) is 51.0. The lowest BCUT2D eigenvalue weighted by atomic mass is 9.85. The number of aryl methyl sites for hydroxylation is 3. The molecule has 3 aromatic heterocycles. The van der Waals surface area contributed by atoms with Crippen molar-refractivity contribution < 1.29 is 43.2 Å². The number of benzene rings is 2. The molecule has 1 fully saturated rings. The number of aromatic nitrogens is 4. The highest BCUT2D eigenvalue weighted by atomic mass is 35.5. The molecule has 2 aromatic carbocycles. The van der Waals surface area contributed by atoms with E-state index in [1.807, 2.05) is 100 Å². The third kappa shape index (κ3) is 12.8. The van der Waals surface area contributed by atoms with Gasteiger partial charge in [0.2, 0.25) is 17.7 Å². The predicted molar refractivity (Wildman–Crippen MR) is 272 cm³/mol. The summed E-state index contributed by atoms with van der Waals surface area (Å²) in [4.78, 5) is 67.4. The van der Waals surface area contributed by atoms with E-state index >= 15 is 0 Å². The highest BCUT2D eigenvalue weighted by Gasteiger charge is 2.45. The van der Waals surface area contributed by atoms with E-state index in [1.165, 1.54) is 4.90 Å². The second-order valence-corrected chi connectivity index (χ2v) is 21.2. The number of aliphatic hydroxyl groups excluding tert-OH is 1. The highest BCUT2D eigenvalue weighted by Crippen LogP contribution is 2.42. The standard InChI is InChI=1S/C51H63ClN8O9S2/c1-9-38(43-46-58-57-32(5)60(46)49-41(29(2)31(4)71-49)42(56-43)34-14-16-36(52)17-15-34)50(65)69-23-22-67-19-18-66-20-21-68-27-40(62)55-45(51(6,7)8)48(64)59-26-37(61)24-39(59)47(63)53-25-33-10-12-35(13-11-33)44-30(3)54-28-70-44/h10-17,28,37-39,43,45,61H,9,18-27H2,1-8H3,(H,53,63)(H,55,62)/t37-,38?,39+,43?,45-/m1/s1. The molecule has 0 spiro atoms. The minimum Gasteiger partial charge on any atom is -0.463 e. The number of nitrogens with one attached hydrogen (secondary N) is 2. The second kappa shape index (κ2) is 23.9. The number of β-amino-alcohol motifs (C(OH)–C–C–N with tert-alkyl or cyclic N) is 1. The molecule has 1 saturated heterocycles. The zero-order valence-corrected chi connectivity index (χ0v) is 43.8. The van der Waals surface area contributed by atoms with Crippen molar-refractivity contribution >= 4 is 63.7 Å². The van der Waals surface area contributed by atoms with Gasteiger partial charge in [0.05, 0.1) is 66.8 Å². The molecule has 2 aliphatic heterocycles. The Kier molecular flexibility index (Phi) is 18.0. The van der Waals surface area contributed by atoms with Crippen LogP contribution in [0.5, 0.6) is 0 Å². The van der Waals surface area contributed by atoms with Gasteiger partial charge >= 0.3 is 5.97 Å². The number of rotatable bonds is 21. The molecule has 5 aromatic rings. The van der Waals surface area contributed by atoms with Crippen molar-refractivity contribution in [3.05, 3.63) is 104 Å². The number of aliphatic hydroxyl groups is 1. The average molecular weight is 1030 g/mol. The monoisotopic (exact) mass is 1030 g/mol. The van der Waals surface area contributed by atoms with Crippen molar-refractivity contribution in [1.82, 2.24) is 35.3 Å². The number of hydrogen-bond donors (Lipinski definition) is 3. The van der Waals surface area contributed by atoms with Crippen LogP contribution in [0.4, 0.5) is 0 Å². The number of hydrogen-bond acceptors (Lipinski definition) is 15. The van der Waals surface area contributed by atoms with Crippen LogP contribution in [0.3, 0.4) is 0 Å². The Morgan fingerprint density at radius 1 is 0.901 bits per heavy atom. The van der Waals surface area contributed by atoms with Gasteiger partial charge in [0.1, 0.15) is 42.2 Å². The first kappa shape index (κ1) is 53.4. The van der Waals surface area contributed by atoms with Crippen LogP contribution in [0.1, 0.15) is 91.1 Å². The number of thiophene rings is 1. The largest absolute Gasteiger partial charge is 0.463 e. The lowest BCUT2D eigenvalue weighted by Gasteiger charge is -2.35. The summed E-state index contributed by atoms with van der Waals surface area (Å²) in [5, 5.41) is 26.8. The third-order valence-corrected chi connectivity index (χ3v) is 15.0. The molecule has 0 saturated carbocycles. The number of halogens is 1. The van der Waals surface area contributed by atoms with Crippen LogP contribution in [-0.2, 0) is 44.7 Å². The molecule has 20 heteroatoms. The fraction of sp³-hybridized carbons (Fsp3) is 0.490. The van der Waals surface area contributed by atoms with Gasteiger partial charge in [-0.15, -0.1) is 32.9 Å². The first-order valence-corrected chi connectivity index (χ1v) is 25.8. The maximum atomic E-state index is 14.0. The third-order valence-electron chi connectivity index (χ3n) is 12.6. The van der Waals surface area contributed by atoms with E-state index in [-0.39, 0.29) is 71.7 Å². The Morgan fingerprint density at radius 3 is 2.21 bits per heavy atom. The Hall–Kier alpha value is -5.41. The maximum absolute atomic E-state index is 14.0. The van der Waals surface area contributed by atoms with Crippen LogP contribution in [-0.4, -0.2) is 130 Å². The van der Waals surface area contributed by atoms with Crippen LogP contribution in [0.15, 0.2) is 59.0 Å². The number of carbonyl (C=O) groups excluding carboxylic acids is 4. The summed E-state index contributed by atoms with van der Waals surface area (Å²) >= 11 is 9.48. The van der Waals surface area contributed by atoms with Crippen LogP contribution in [0.25, 0.3) is 15.4 Å². The average Bonchev–Trinajstić information content (AvgIpc) is 4.11. The van der Waals surface area contributed by atoms with Gasteiger partial charge in [0, 0.05) is 40.5 Å². The molecule has 7 rings (SSSR count). The molecule has 5 heterocycles. The van der Waals surface area contributed by atoms with Crippen molar-refractivity contribution in [2.24, 2.45) is 16.3 Å². The van der Waals surface area contributed by atoms with Gasteiger partial charge in [0.15, 0.2) is 5.82 Å². The molecule has 2 unspecified atom stereocenters. The second-order valence-electron chi connectivity index (χ2n) is 18.7. The summed E-state index contributed by atoms with van der Waals surface area (Å²) in [5.41, 5.74) is 7.68. The summed E-state index contributed by atoms with van der Waals surface area (Å²) in [6, 6.07) is 12.8. The minimum atomic E-state index is -0.991. The normalized spacial score (nSPS) is 17.5. The van der Waals surface area contributed by atoms with E-state index < -0.39 is 53.3 Å². The lowest BCUT2D eigenvalue weighted by Crippen LogP contribution is -2.58. The van der Waals surface area contributed by atoms with Crippen molar-refractivity contribution in [2.75, 3.05) is 52.8 Å². The molecule has 71 heavy (non-hydrogen) atoms. The number of amides is 3.